The Balaban J connectivity index is 1.49. The predicted octanol–water partition coefficient (Wildman–Crippen LogP) is 2.59. The van der Waals surface area contributed by atoms with Gasteiger partial charge in [-0.3, -0.25) is 4.79 Å². The number of carbonyl (C=O) groups excluding carboxylic acids is 1. The molecule has 9 nitrogen and oxygen atoms in total. The molecule has 1 fully saturated rings. The molecule has 4 heterocycles. The predicted molar refractivity (Wildman–Crippen MR) is 133 cm³/mol. The zero-order chi connectivity index (χ0) is 25.0. The average Bonchev–Trinajstić information content (AvgIpc) is 3.14. The lowest BCUT2D eigenvalue weighted by atomic mass is 9.75. The fourth-order valence-corrected chi connectivity index (χ4v) is 5.86. The Hall–Kier alpha value is -4.01. The fourth-order valence-electron chi connectivity index (χ4n) is 5.86. The largest absolute Gasteiger partial charge is 0.508 e. The van der Waals surface area contributed by atoms with Gasteiger partial charge in [-0.1, -0.05) is 31.2 Å². The van der Waals surface area contributed by atoms with Crippen molar-refractivity contribution in [2.45, 2.75) is 50.8 Å². The van der Waals surface area contributed by atoms with Crippen LogP contribution in [0, 0.1) is 0 Å². The standard InChI is InChI=1S/C27H28N4O5/c1-2-6-23(33)28-15-12-27(13-16-28)21-11-14-29-25(34)30(18-7-4-3-5-8-18)26(35)31(29)24(21)20-10-9-19(32)17-22(20)36-27/h3-5,7-11,17,24,32H,2,6,12-16H2,1H3. The van der Waals surface area contributed by atoms with E-state index >= 15 is 0 Å². The van der Waals surface area contributed by atoms with Crippen LogP contribution in [0.4, 0.5) is 0 Å². The lowest BCUT2D eigenvalue weighted by molar-refractivity contribution is -0.134. The van der Waals surface area contributed by atoms with Crippen LogP contribution in [0.5, 0.6) is 11.5 Å². The van der Waals surface area contributed by atoms with E-state index in [1.54, 1.807) is 42.5 Å². The van der Waals surface area contributed by atoms with Crippen LogP contribution in [0.2, 0.25) is 0 Å². The van der Waals surface area contributed by atoms with Crippen LogP contribution in [0.25, 0.3) is 5.69 Å². The molecule has 3 aromatic rings. The molecule has 6 rings (SSSR count). The Bertz CT molecular complexity index is 1490. The number of fused-ring (bicyclic) bond motifs is 6. The topological polar surface area (TPSA) is 98.7 Å². The van der Waals surface area contributed by atoms with Crippen molar-refractivity contribution < 1.29 is 14.6 Å². The van der Waals surface area contributed by atoms with Gasteiger partial charge in [0.25, 0.3) is 0 Å². The second kappa shape index (κ2) is 8.29. The molecule has 1 atom stereocenters. The molecule has 9 heteroatoms. The third-order valence-electron chi connectivity index (χ3n) is 7.61. The third-order valence-corrected chi connectivity index (χ3v) is 7.61. The molecule has 1 amide bonds. The molecule has 0 aliphatic carbocycles. The van der Waals surface area contributed by atoms with Gasteiger partial charge in [-0.15, -0.1) is 0 Å². The van der Waals surface area contributed by atoms with Gasteiger partial charge < -0.3 is 14.7 Å². The number of nitrogens with zero attached hydrogens (tertiary/aromatic N) is 4. The first-order valence-electron chi connectivity index (χ1n) is 12.4. The summed E-state index contributed by atoms with van der Waals surface area (Å²) in [6, 6.07) is 13.2. The number of likely N-dealkylation sites (tertiary alicyclic amines) is 1. The van der Waals surface area contributed by atoms with E-state index in [1.165, 1.54) is 13.9 Å². The average molecular weight is 489 g/mol. The van der Waals surface area contributed by atoms with Gasteiger partial charge in [-0.2, -0.15) is 0 Å². The number of allylic oxidation sites excluding steroid dienone is 1. The van der Waals surface area contributed by atoms with Gasteiger partial charge in [0, 0.05) is 49.6 Å². The van der Waals surface area contributed by atoms with Crippen molar-refractivity contribution in [1.29, 1.82) is 0 Å². The number of piperidine rings is 1. The van der Waals surface area contributed by atoms with Gasteiger partial charge in [0.15, 0.2) is 0 Å². The number of aromatic nitrogens is 3. The maximum absolute atomic E-state index is 13.8. The minimum atomic E-state index is -0.732. The van der Waals surface area contributed by atoms with Crippen molar-refractivity contribution in [1.82, 2.24) is 18.8 Å². The first kappa shape index (κ1) is 22.5. The SMILES string of the molecule is CCCC(=O)N1CCC2(CC1)Oc1cc(O)ccc1C1C2=CCn2c(=O)n(-c3ccccc3)c(=O)n21. The van der Waals surface area contributed by atoms with Crippen LogP contribution in [0.1, 0.15) is 44.2 Å². The molecule has 3 aliphatic heterocycles. The highest BCUT2D eigenvalue weighted by atomic mass is 16.5. The molecule has 0 saturated carbocycles. The lowest BCUT2D eigenvalue weighted by Crippen LogP contribution is -2.55. The molecule has 1 unspecified atom stereocenters. The highest BCUT2D eigenvalue weighted by Crippen LogP contribution is 2.50. The Morgan fingerprint density at radius 3 is 2.56 bits per heavy atom. The monoisotopic (exact) mass is 488 g/mol. The third kappa shape index (κ3) is 3.26. The van der Waals surface area contributed by atoms with Gasteiger partial charge in [0.1, 0.15) is 23.1 Å². The molecule has 0 radical (unpaired) electrons. The smallest absolute Gasteiger partial charge is 0.352 e. The molecule has 1 N–H and O–H groups in total. The Morgan fingerprint density at radius 2 is 1.83 bits per heavy atom. The number of aromatic hydroxyl groups is 1. The summed E-state index contributed by atoms with van der Waals surface area (Å²) in [6.07, 6.45) is 4.46. The first-order chi connectivity index (χ1) is 17.4. The molecule has 0 bridgehead atoms. The molecule has 186 valence electrons. The van der Waals surface area contributed by atoms with E-state index in [0.717, 1.165) is 17.6 Å². The van der Waals surface area contributed by atoms with E-state index < -0.39 is 23.0 Å². The van der Waals surface area contributed by atoms with Gasteiger partial charge >= 0.3 is 11.4 Å². The van der Waals surface area contributed by atoms with Crippen molar-refractivity contribution >= 4 is 5.91 Å². The summed E-state index contributed by atoms with van der Waals surface area (Å²) in [5, 5.41) is 10.2. The number of rotatable bonds is 3. The highest BCUT2D eigenvalue weighted by Gasteiger charge is 2.50. The van der Waals surface area contributed by atoms with Crippen molar-refractivity contribution in [3.8, 4) is 17.2 Å². The summed E-state index contributed by atoms with van der Waals surface area (Å²) >= 11 is 0. The summed E-state index contributed by atoms with van der Waals surface area (Å²) in [4.78, 5) is 41.6. The highest BCUT2D eigenvalue weighted by molar-refractivity contribution is 5.76. The van der Waals surface area contributed by atoms with Crippen molar-refractivity contribution in [2.24, 2.45) is 0 Å². The van der Waals surface area contributed by atoms with E-state index in [9.17, 15) is 19.5 Å². The maximum Gasteiger partial charge on any atom is 0.352 e. The Labute approximate surface area is 207 Å². The van der Waals surface area contributed by atoms with E-state index in [4.69, 9.17) is 4.74 Å². The minimum Gasteiger partial charge on any atom is -0.508 e. The number of benzene rings is 2. The number of hydrogen-bond donors (Lipinski definition) is 1. The van der Waals surface area contributed by atoms with E-state index in [1.807, 2.05) is 24.0 Å². The van der Waals surface area contributed by atoms with Gasteiger partial charge in [-0.25, -0.2) is 23.5 Å². The van der Waals surface area contributed by atoms with E-state index in [2.05, 4.69) is 0 Å². The summed E-state index contributed by atoms with van der Waals surface area (Å²) in [6.45, 7) is 3.33. The Kier molecular flexibility index (Phi) is 5.17. The normalized spacial score (nSPS) is 19.6. The molecule has 1 spiro atoms. The summed E-state index contributed by atoms with van der Waals surface area (Å²) < 4.78 is 10.8. The van der Waals surface area contributed by atoms with Crippen molar-refractivity contribution in [2.75, 3.05) is 13.1 Å². The second-order valence-corrected chi connectivity index (χ2v) is 9.67. The molecule has 3 aliphatic rings. The second-order valence-electron chi connectivity index (χ2n) is 9.67. The van der Waals surface area contributed by atoms with Crippen molar-refractivity contribution in [3.05, 3.63) is 86.7 Å². The molecular weight excluding hydrogens is 460 g/mol. The number of para-hydroxylation sites is 1. The first-order valence-corrected chi connectivity index (χ1v) is 12.4. The number of carbonyl (C=O) groups is 1. The van der Waals surface area contributed by atoms with Crippen LogP contribution in [-0.4, -0.2) is 48.5 Å². The van der Waals surface area contributed by atoms with Crippen LogP contribution in [0.3, 0.4) is 0 Å². The maximum atomic E-state index is 13.8. The summed E-state index contributed by atoms with van der Waals surface area (Å²) in [5.41, 5.74) is 0.601. The number of phenolic OH excluding ortho intramolecular Hbond substituents is 1. The summed E-state index contributed by atoms with van der Waals surface area (Å²) in [5.74, 6) is 0.695. The molecule has 1 saturated heterocycles. The van der Waals surface area contributed by atoms with E-state index in [0.29, 0.717) is 43.8 Å². The minimum absolute atomic E-state index is 0.0642. The van der Waals surface area contributed by atoms with Crippen LogP contribution >= 0.6 is 0 Å². The van der Waals surface area contributed by atoms with Gasteiger partial charge in [0.2, 0.25) is 5.91 Å². The zero-order valence-electron chi connectivity index (χ0n) is 20.1. The Morgan fingerprint density at radius 1 is 1.08 bits per heavy atom. The lowest BCUT2D eigenvalue weighted by Gasteiger charge is -2.49. The fraction of sp³-hybridized carbons (Fsp3) is 0.370. The number of hydrogen-bond acceptors (Lipinski definition) is 5. The van der Waals surface area contributed by atoms with Gasteiger partial charge in [-0.05, 0) is 30.7 Å². The van der Waals surface area contributed by atoms with Crippen LogP contribution in [0.15, 0.2) is 69.8 Å². The van der Waals surface area contributed by atoms with E-state index in [-0.39, 0.29) is 18.2 Å². The van der Waals surface area contributed by atoms with Gasteiger partial charge in [0.05, 0.1) is 12.2 Å². The number of ether oxygens (including phenoxy) is 1. The zero-order valence-corrected chi connectivity index (χ0v) is 20.1. The summed E-state index contributed by atoms with van der Waals surface area (Å²) in [7, 11) is 0. The molecule has 2 aromatic carbocycles. The van der Waals surface area contributed by atoms with Crippen LogP contribution in [-0.2, 0) is 11.3 Å². The molecular formula is C27H28N4O5. The van der Waals surface area contributed by atoms with Crippen LogP contribution < -0.4 is 16.1 Å². The molecule has 36 heavy (non-hydrogen) atoms. The number of amides is 1. The molecule has 1 aromatic heterocycles. The number of phenols is 1. The van der Waals surface area contributed by atoms with Crippen molar-refractivity contribution in [3.63, 3.8) is 0 Å². The quantitative estimate of drug-likeness (QED) is 0.572.